The normalized spacial score (nSPS) is 13.1. The van der Waals surface area contributed by atoms with E-state index in [1.807, 2.05) is 19.9 Å². The van der Waals surface area contributed by atoms with Crippen LogP contribution in [0, 0.1) is 0 Å². The smallest absolute Gasteiger partial charge is 0.260 e. The van der Waals surface area contributed by atoms with Crippen LogP contribution < -0.4 is 14.8 Å². The molecule has 0 heterocycles. The summed E-state index contributed by atoms with van der Waals surface area (Å²) in [6.45, 7) is 5.49. The van der Waals surface area contributed by atoms with Gasteiger partial charge in [-0.3, -0.25) is 4.79 Å². The molecule has 2 aromatic rings. The summed E-state index contributed by atoms with van der Waals surface area (Å²) in [5.74, 6) is 0.616. The van der Waals surface area contributed by atoms with Gasteiger partial charge < -0.3 is 19.9 Å². The van der Waals surface area contributed by atoms with Crippen LogP contribution in [0.5, 0.6) is 11.5 Å². The Kier molecular flexibility index (Phi) is 7.78. The third-order valence-electron chi connectivity index (χ3n) is 3.67. The van der Waals surface area contributed by atoms with Gasteiger partial charge in [-0.15, -0.1) is 0 Å². The molecule has 0 saturated heterocycles. The minimum atomic E-state index is -0.869. The Labute approximate surface area is 169 Å². The average molecular weight is 412 g/mol. The number of halogens is 2. The van der Waals surface area contributed by atoms with Crippen molar-refractivity contribution in [1.29, 1.82) is 0 Å². The minimum absolute atomic E-state index is 0.0356. The van der Waals surface area contributed by atoms with E-state index in [0.717, 1.165) is 0 Å². The Balaban J connectivity index is 1.91. The lowest BCUT2D eigenvalue weighted by atomic mass is 10.1. The zero-order valence-electron chi connectivity index (χ0n) is 15.4. The molecule has 0 aliphatic carbocycles. The molecule has 7 heteroatoms. The number of hydrogen-bond acceptors (Lipinski definition) is 4. The molecular formula is C20H23Cl2NO4. The highest BCUT2D eigenvalue weighted by Crippen LogP contribution is 2.32. The predicted octanol–water partition coefficient (Wildman–Crippen LogP) is 4.40. The van der Waals surface area contributed by atoms with Crippen LogP contribution in [0.25, 0.3) is 0 Å². The molecular weight excluding hydrogens is 389 g/mol. The molecule has 2 aromatic carbocycles. The number of rotatable bonds is 8. The van der Waals surface area contributed by atoms with Crippen LogP contribution >= 0.6 is 23.2 Å². The molecule has 0 aliphatic rings. The van der Waals surface area contributed by atoms with E-state index in [1.54, 1.807) is 43.3 Å². The maximum Gasteiger partial charge on any atom is 0.260 e. The highest BCUT2D eigenvalue weighted by molar-refractivity contribution is 6.42. The van der Waals surface area contributed by atoms with Gasteiger partial charge in [0.05, 0.1) is 17.2 Å². The Bertz CT molecular complexity index is 782. The van der Waals surface area contributed by atoms with Crippen molar-refractivity contribution in [3.8, 4) is 11.5 Å². The molecule has 2 rings (SSSR count). The van der Waals surface area contributed by atoms with E-state index in [4.69, 9.17) is 32.7 Å². The van der Waals surface area contributed by atoms with E-state index < -0.39 is 12.2 Å². The van der Waals surface area contributed by atoms with Crippen molar-refractivity contribution in [2.75, 3.05) is 6.54 Å². The largest absolute Gasteiger partial charge is 0.491 e. The monoisotopic (exact) mass is 411 g/mol. The van der Waals surface area contributed by atoms with Gasteiger partial charge in [-0.1, -0.05) is 41.4 Å². The first-order chi connectivity index (χ1) is 12.8. The first-order valence-corrected chi connectivity index (χ1v) is 9.36. The summed E-state index contributed by atoms with van der Waals surface area (Å²) in [6, 6.07) is 12.1. The number of carbonyl (C=O) groups excluding carboxylic acids is 1. The summed E-state index contributed by atoms with van der Waals surface area (Å²) < 4.78 is 11.2. The number of amides is 1. The fraction of sp³-hybridized carbons (Fsp3) is 0.350. The van der Waals surface area contributed by atoms with Gasteiger partial charge in [0.15, 0.2) is 6.10 Å². The summed E-state index contributed by atoms with van der Waals surface area (Å²) in [4.78, 5) is 12.2. The van der Waals surface area contributed by atoms with Crippen LogP contribution in [-0.2, 0) is 4.79 Å². The minimum Gasteiger partial charge on any atom is -0.491 e. The predicted molar refractivity (Wildman–Crippen MR) is 107 cm³/mol. The third kappa shape index (κ3) is 6.31. The Hall–Kier alpha value is -1.95. The molecule has 1 amide bonds. The molecule has 0 aliphatic heterocycles. The third-order valence-corrected chi connectivity index (χ3v) is 4.47. The lowest BCUT2D eigenvalue weighted by molar-refractivity contribution is -0.127. The summed E-state index contributed by atoms with van der Waals surface area (Å²) in [5.41, 5.74) is 0.653. The number of nitrogens with one attached hydrogen (secondary N) is 1. The number of aliphatic hydroxyl groups excluding tert-OH is 1. The van der Waals surface area contributed by atoms with Crippen LogP contribution in [0.1, 0.15) is 32.4 Å². The van der Waals surface area contributed by atoms with E-state index in [1.165, 1.54) is 0 Å². The zero-order chi connectivity index (χ0) is 20.0. The first kappa shape index (κ1) is 21.4. The summed E-state index contributed by atoms with van der Waals surface area (Å²) in [7, 11) is 0. The topological polar surface area (TPSA) is 67.8 Å². The molecule has 0 fully saturated rings. The molecule has 27 heavy (non-hydrogen) atoms. The molecule has 146 valence electrons. The van der Waals surface area contributed by atoms with Crippen LogP contribution in [0.2, 0.25) is 10.0 Å². The molecule has 0 radical (unpaired) electrons. The van der Waals surface area contributed by atoms with Crippen LogP contribution in [0.15, 0.2) is 42.5 Å². The van der Waals surface area contributed by atoms with Gasteiger partial charge in [0.1, 0.15) is 16.5 Å². The number of aliphatic hydroxyl groups is 1. The molecule has 2 unspecified atom stereocenters. The number of hydrogen-bond donors (Lipinski definition) is 2. The molecule has 0 bridgehead atoms. The van der Waals surface area contributed by atoms with Crippen molar-refractivity contribution in [2.24, 2.45) is 0 Å². The van der Waals surface area contributed by atoms with Gasteiger partial charge in [0.2, 0.25) is 0 Å². The first-order valence-electron chi connectivity index (χ1n) is 8.61. The maximum absolute atomic E-state index is 12.2. The molecule has 2 atom stereocenters. The standard InChI is InChI=1S/C20H23Cl2NO4/c1-12(2)26-15-7-4-6-14(10-15)17(24)11-23-20(25)13(3)27-18-9-5-8-16(21)19(18)22/h4-10,12-13,17,24H,11H2,1-3H3,(H,23,25). The van der Waals surface area contributed by atoms with Gasteiger partial charge in [0, 0.05) is 6.54 Å². The Morgan fingerprint density at radius 2 is 1.81 bits per heavy atom. The van der Waals surface area contributed by atoms with Gasteiger partial charge in [-0.25, -0.2) is 0 Å². The number of carbonyl (C=O) groups is 1. The summed E-state index contributed by atoms with van der Waals surface area (Å²) in [5, 5.41) is 13.6. The number of ether oxygens (including phenoxy) is 2. The van der Waals surface area contributed by atoms with E-state index in [2.05, 4.69) is 5.32 Å². The number of benzene rings is 2. The van der Waals surface area contributed by atoms with Gasteiger partial charge in [-0.2, -0.15) is 0 Å². The molecule has 0 saturated carbocycles. The molecule has 0 aromatic heterocycles. The quantitative estimate of drug-likeness (QED) is 0.675. The lowest BCUT2D eigenvalue weighted by Gasteiger charge is -2.18. The zero-order valence-corrected chi connectivity index (χ0v) is 16.9. The summed E-state index contributed by atoms with van der Waals surface area (Å²) in [6.07, 6.45) is -1.64. The van der Waals surface area contributed by atoms with E-state index in [9.17, 15) is 9.90 Å². The van der Waals surface area contributed by atoms with Crippen molar-refractivity contribution in [3.63, 3.8) is 0 Å². The van der Waals surface area contributed by atoms with Gasteiger partial charge in [-0.05, 0) is 50.6 Å². The second-order valence-corrected chi connectivity index (χ2v) is 7.10. The second-order valence-electron chi connectivity index (χ2n) is 6.31. The maximum atomic E-state index is 12.2. The van der Waals surface area contributed by atoms with Gasteiger partial charge >= 0.3 is 0 Å². The van der Waals surface area contributed by atoms with Gasteiger partial charge in [0.25, 0.3) is 5.91 Å². The molecule has 5 nitrogen and oxygen atoms in total. The Morgan fingerprint density at radius 1 is 1.11 bits per heavy atom. The second kappa shape index (κ2) is 9.83. The van der Waals surface area contributed by atoms with Crippen LogP contribution in [0.3, 0.4) is 0 Å². The fourth-order valence-corrected chi connectivity index (χ4v) is 2.68. The van der Waals surface area contributed by atoms with Crippen LogP contribution in [0.4, 0.5) is 0 Å². The van der Waals surface area contributed by atoms with Crippen molar-refractivity contribution in [1.82, 2.24) is 5.32 Å². The molecule has 2 N–H and O–H groups in total. The summed E-state index contributed by atoms with van der Waals surface area (Å²) >= 11 is 12.0. The van der Waals surface area contributed by atoms with E-state index >= 15 is 0 Å². The van der Waals surface area contributed by atoms with Crippen molar-refractivity contribution >= 4 is 29.1 Å². The molecule has 0 spiro atoms. The van der Waals surface area contributed by atoms with E-state index in [-0.39, 0.29) is 23.6 Å². The van der Waals surface area contributed by atoms with Crippen molar-refractivity contribution in [2.45, 2.75) is 39.1 Å². The SMILES string of the molecule is CC(C)Oc1cccc(C(O)CNC(=O)C(C)Oc2cccc(Cl)c2Cl)c1. The van der Waals surface area contributed by atoms with Crippen molar-refractivity contribution in [3.05, 3.63) is 58.1 Å². The van der Waals surface area contributed by atoms with E-state index in [0.29, 0.717) is 22.1 Å². The Morgan fingerprint density at radius 3 is 2.52 bits per heavy atom. The lowest BCUT2D eigenvalue weighted by Crippen LogP contribution is -2.38. The average Bonchev–Trinajstić information content (AvgIpc) is 2.62. The van der Waals surface area contributed by atoms with Crippen molar-refractivity contribution < 1.29 is 19.4 Å². The van der Waals surface area contributed by atoms with Crippen LogP contribution in [-0.4, -0.2) is 29.8 Å². The highest BCUT2D eigenvalue weighted by atomic mass is 35.5. The fourth-order valence-electron chi connectivity index (χ4n) is 2.35. The highest BCUT2D eigenvalue weighted by Gasteiger charge is 2.18.